The van der Waals surface area contributed by atoms with Gasteiger partial charge >= 0.3 is 0 Å². The number of amides is 2. The van der Waals surface area contributed by atoms with Crippen molar-refractivity contribution in [1.82, 2.24) is 5.32 Å². The number of anilines is 1. The molecule has 0 aliphatic heterocycles. The smallest absolute Gasteiger partial charge is 0.258 e. The zero-order valence-electron chi connectivity index (χ0n) is 13.0. The number of ether oxygens (including phenoxy) is 2. The first-order valence-corrected chi connectivity index (χ1v) is 7.16. The molecule has 0 heterocycles. The molecule has 0 bridgehead atoms. The Labute approximate surface area is 138 Å². The van der Waals surface area contributed by atoms with Crippen LogP contribution >= 0.6 is 0 Å². The standard InChI is InChI=1S/C17H17FN2O4/c1-23-15-9-12(18)7-8-14(15)20-16(21)10-19-17(22)11-24-13-5-3-2-4-6-13/h2-9H,10-11H2,1H3,(H,19,22)(H,20,21). The van der Waals surface area contributed by atoms with Gasteiger partial charge in [0.2, 0.25) is 5.91 Å². The van der Waals surface area contributed by atoms with Crippen LogP contribution in [0.1, 0.15) is 0 Å². The van der Waals surface area contributed by atoms with Crippen LogP contribution in [0.25, 0.3) is 0 Å². The van der Waals surface area contributed by atoms with Gasteiger partial charge in [-0.2, -0.15) is 0 Å². The third-order valence-corrected chi connectivity index (χ3v) is 3.00. The molecule has 6 nitrogen and oxygen atoms in total. The predicted octanol–water partition coefficient (Wildman–Crippen LogP) is 1.97. The van der Waals surface area contributed by atoms with Crippen molar-refractivity contribution in [2.24, 2.45) is 0 Å². The number of methoxy groups -OCH3 is 1. The van der Waals surface area contributed by atoms with Crippen LogP contribution in [0, 0.1) is 5.82 Å². The first-order valence-electron chi connectivity index (χ1n) is 7.16. The molecule has 0 atom stereocenters. The highest BCUT2D eigenvalue weighted by molar-refractivity contribution is 5.95. The Kier molecular flexibility index (Phi) is 6.13. The molecule has 0 aliphatic carbocycles. The van der Waals surface area contributed by atoms with Crippen molar-refractivity contribution >= 4 is 17.5 Å². The Morgan fingerprint density at radius 2 is 1.83 bits per heavy atom. The number of benzene rings is 2. The second kappa shape index (κ2) is 8.52. The van der Waals surface area contributed by atoms with Crippen LogP contribution in [0.5, 0.6) is 11.5 Å². The summed E-state index contributed by atoms with van der Waals surface area (Å²) >= 11 is 0. The average molecular weight is 332 g/mol. The van der Waals surface area contributed by atoms with Crippen LogP contribution in [-0.2, 0) is 9.59 Å². The van der Waals surface area contributed by atoms with E-state index in [0.29, 0.717) is 11.4 Å². The molecule has 0 radical (unpaired) electrons. The monoisotopic (exact) mass is 332 g/mol. The quantitative estimate of drug-likeness (QED) is 0.813. The number of nitrogens with one attached hydrogen (secondary N) is 2. The molecule has 24 heavy (non-hydrogen) atoms. The molecule has 0 saturated carbocycles. The van der Waals surface area contributed by atoms with E-state index in [1.54, 1.807) is 24.3 Å². The zero-order chi connectivity index (χ0) is 17.4. The Morgan fingerprint density at radius 1 is 1.08 bits per heavy atom. The summed E-state index contributed by atoms with van der Waals surface area (Å²) in [6.45, 7) is -0.436. The SMILES string of the molecule is COc1cc(F)ccc1NC(=O)CNC(=O)COc1ccccc1. The third kappa shape index (κ3) is 5.28. The van der Waals surface area contributed by atoms with Crippen LogP contribution in [-0.4, -0.2) is 32.1 Å². The van der Waals surface area contributed by atoms with Crippen molar-refractivity contribution in [3.05, 3.63) is 54.3 Å². The van der Waals surface area contributed by atoms with Gasteiger partial charge in [0.1, 0.15) is 17.3 Å². The number of hydrogen-bond donors (Lipinski definition) is 2. The van der Waals surface area contributed by atoms with E-state index in [-0.39, 0.29) is 18.9 Å². The molecule has 0 aliphatic rings. The van der Waals surface area contributed by atoms with Crippen molar-refractivity contribution in [3.63, 3.8) is 0 Å². The first kappa shape index (κ1) is 17.3. The molecule has 0 fully saturated rings. The van der Waals surface area contributed by atoms with Gasteiger partial charge in [-0.15, -0.1) is 0 Å². The van der Waals surface area contributed by atoms with Crippen molar-refractivity contribution in [1.29, 1.82) is 0 Å². The van der Waals surface area contributed by atoms with E-state index in [2.05, 4.69) is 10.6 Å². The predicted molar refractivity (Wildman–Crippen MR) is 86.5 cm³/mol. The summed E-state index contributed by atoms with van der Waals surface area (Å²) in [5.74, 6) is -0.612. The van der Waals surface area contributed by atoms with Gasteiger partial charge < -0.3 is 20.1 Å². The largest absolute Gasteiger partial charge is 0.494 e. The molecule has 2 N–H and O–H groups in total. The Hall–Kier alpha value is -3.09. The lowest BCUT2D eigenvalue weighted by molar-refractivity contribution is -0.125. The van der Waals surface area contributed by atoms with Crippen LogP contribution in [0.2, 0.25) is 0 Å². The van der Waals surface area contributed by atoms with Gasteiger partial charge in [0.05, 0.1) is 19.3 Å². The van der Waals surface area contributed by atoms with E-state index in [1.807, 2.05) is 6.07 Å². The molecular weight excluding hydrogens is 315 g/mol. The molecule has 2 rings (SSSR count). The fourth-order valence-electron chi connectivity index (χ4n) is 1.86. The number of carbonyl (C=O) groups is 2. The lowest BCUT2D eigenvalue weighted by Crippen LogP contribution is -2.35. The minimum absolute atomic E-state index is 0.196. The van der Waals surface area contributed by atoms with Crippen LogP contribution < -0.4 is 20.1 Å². The van der Waals surface area contributed by atoms with Gasteiger partial charge in [0.15, 0.2) is 6.61 Å². The highest BCUT2D eigenvalue weighted by atomic mass is 19.1. The van der Waals surface area contributed by atoms with E-state index < -0.39 is 17.6 Å². The van der Waals surface area contributed by atoms with Crippen LogP contribution in [0.4, 0.5) is 10.1 Å². The highest BCUT2D eigenvalue weighted by Gasteiger charge is 2.10. The minimum Gasteiger partial charge on any atom is -0.494 e. The topological polar surface area (TPSA) is 76.7 Å². The highest BCUT2D eigenvalue weighted by Crippen LogP contribution is 2.24. The maximum atomic E-state index is 13.1. The number of rotatable bonds is 7. The molecule has 2 aromatic carbocycles. The molecule has 0 spiro atoms. The molecule has 2 amide bonds. The molecule has 7 heteroatoms. The lowest BCUT2D eigenvalue weighted by Gasteiger charge is -2.11. The Morgan fingerprint density at radius 3 is 2.54 bits per heavy atom. The molecule has 0 unspecified atom stereocenters. The third-order valence-electron chi connectivity index (χ3n) is 3.00. The number of halogens is 1. The van der Waals surface area contributed by atoms with Gasteiger partial charge in [0.25, 0.3) is 5.91 Å². The first-order chi connectivity index (χ1) is 11.6. The van der Waals surface area contributed by atoms with E-state index >= 15 is 0 Å². The number of para-hydroxylation sites is 1. The summed E-state index contributed by atoms with van der Waals surface area (Å²) in [6.07, 6.45) is 0. The van der Waals surface area contributed by atoms with E-state index in [1.165, 1.54) is 19.2 Å². The fourth-order valence-corrected chi connectivity index (χ4v) is 1.86. The minimum atomic E-state index is -0.476. The number of carbonyl (C=O) groups excluding carboxylic acids is 2. The van der Waals surface area contributed by atoms with E-state index in [9.17, 15) is 14.0 Å². The van der Waals surface area contributed by atoms with Gasteiger partial charge in [-0.05, 0) is 24.3 Å². The maximum Gasteiger partial charge on any atom is 0.258 e. The van der Waals surface area contributed by atoms with Crippen molar-refractivity contribution in [3.8, 4) is 11.5 Å². The molecular formula is C17H17FN2O4. The second-order valence-electron chi connectivity index (χ2n) is 4.77. The van der Waals surface area contributed by atoms with Crippen molar-refractivity contribution in [2.75, 3.05) is 25.6 Å². The maximum absolute atomic E-state index is 13.1. The van der Waals surface area contributed by atoms with Gasteiger partial charge in [-0.1, -0.05) is 18.2 Å². The van der Waals surface area contributed by atoms with Gasteiger partial charge in [-0.3, -0.25) is 9.59 Å². The Bertz CT molecular complexity index is 707. The van der Waals surface area contributed by atoms with Crippen LogP contribution in [0.15, 0.2) is 48.5 Å². The summed E-state index contributed by atoms with van der Waals surface area (Å²) in [4.78, 5) is 23.5. The lowest BCUT2D eigenvalue weighted by atomic mass is 10.3. The average Bonchev–Trinajstić information content (AvgIpc) is 2.60. The van der Waals surface area contributed by atoms with E-state index in [0.717, 1.165) is 6.07 Å². The number of hydrogen-bond acceptors (Lipinski definition) is 4. The van der Waals surface area contributed by atoms with Gasteiger partial charge in [-0.25, -0.2) is 4.39 Å². The molecule has 0 aromatic heterocycles. The second-order valence-corrected chi connectivity index (χ2v) is 4.77. The zero-order valence-corrected chi connectivity index (χ0v) is 13.0. The summed E-state index contributed by atoms with van der Waals surface area (Å²) < 4.78 is 23.3. The summed E-state index contributed by atoms with van der Waals surface area (Å²) in [6, 6.07) is 12.6. The molecule has 2 aromatic rings. The summed E-state index contributed by atoms with van der Waals surface area (Å²) in [7, 11) is 1.37. The summed E-state index contributed by atoms with van der Waals surface area (Å²) in [5.41, 5.74) is 0.318. The van der Waals surface area contributed by atoms with Crippen molar-refractivity contribution < 1.29 is 23.5 Å². The summed E-state index contributed by atoms with van der Waals surface area (Å²) in [5, 5.41) is 4.96. The van der Waals surface area contributed by atoms with E-state index in [4.69, 9.17) is 9.47 Å². The Balaban J connectivity index is 1.77. The molecule has 0 saturated heterocycles. The van der Waals surface area contributed by atoms with Crippen molar-refractivity contribution in [2.45, 2.75) is 0 Å². The van der Waals surface area contributed by atoms with Gasteiger partial charge in [0, 0.05) is 6.07 Å². The van der Waals surface area contributed by atoms with Crippen LogP contribution in [0.3, 0.4) is 0 Å². The normalized spacial score (nSPS) is 9.92. The molecule has 126 valence electrons. The fraction of sp³-hybridized carbons (Fsp3) is 0.176.